The third kappa shape index (κ3) is 1.25. The summed E-state index contributed by atoms with van der Waals surface area (Å²) in [4.78, 5) is 0. The highest BCUT2D eigenvalue weighted by atomic mass is 16.3. The summed E-state index contributed by atoms with van der Waals surface area (Å²) in [5.74, 6) is 0.754. The lowest BCUT2D eigenvalue weighted by molar-refractivity contribution is -0.148. The average molecular weight is 210 g/mol. The Kier molecular flexibility index (Phi) is 2.46. The molecular weight excluding hydrogens is 184 g/mol. The predicted molar refractivity (Wildman–Crippen MR) is 63.7 cm³/mol. The van der Waals surface area contributed by atoms with Crippen LogP contribution in [0.3, 0.4) is 0 Å². The van der Waals surface area contributed by atoms with Gasteiger partial charge in [-0.15, -0.1) is 0 Å². The molecule has 15 heavy (non-hydrogen) atoms. The molecule has 2 aliphatic rings. The van der Waals surface area contributed by atoms with E-state index in [1.165, 1.54) is 32.1 Å². The van der Waals surface area contributed by atoms with Crippen LogP contribution in [0, 0.1) is 16.7 Å². The molecule has 0 heterocycles. The molecule has 88 valence electrons. The van der Waals surface area contributed by atoms with Crippen LogP contribution < -0.4 is 0 Å². The van der Waals surface area contributed by atoms with E-state index in [0.29, 0.717) is 0 Å². The number of unbranched alkanes of at least 4 members (excludes halogenated alkanes) is 1. The van der Waals surface area contributed by atoms with Crippen molar-refractivity contribution >= 4 is 0 Å². The van der Waals surface area contributed by atoms with Gasteiger partial charge in [-0.05, 0) is 42.4 Å². The molecule has 0 aromatic rings. The third-order valence-electron chi connectivity index (χ3n) is 5.72. The summed E-state index contributed by atoms with van der Waals surface area (Å²) in [5.41, 5.74) is -0.0650. The lowest BCUT2D eigenvalue weighted by Crippen LogP contribution is -2.53. The van der Waals surface area contributed by atoms with Crippen LogP contribution in [0.15, 0.2) is 0 Å². The Morgan fingerprint density at radius 3 is 2.40 bits per heavy atom. The Hall–Kier alpha value is -0.0400. The monoisotopic (exact) mass is 210 g/mol. The number of hydrogen-bond donors (Lipinski definition) is 1. The van der Waals surface area contributed by atoms with Gasteiger partial charge in [-0.2, -0.15) is 0 Å². The molecule has 2 bridgehead atoms. The summed E-state index contributed by atoms with van der Waals surface area (Å²) < 4.78 is 0. The zero-order chi connectivity index (χ0) is 11.3. The van der Waals surface area contributed by atoms with E-state index in [1.54, 1.807) is 0 Å². The van der Waals surface area contributed by atoms with Gasteiger partial charge >= 0.3 is 0 Å². The van der Waals surface area contributed by atoms with E-state index in [4.69, 9.17) is 0 Å². The molecule has 2 saturated carbocycles. The molecule has 0 saturated heterocycles. The van der Waals surface area contributed by atoms with Crippen LogP contribution in [0.5, 0.6) is 0 Å². The minimum atomic E-state index is -0.404. The lowest BCUT2D eigenvalue weighted by atomic mass is 9.58. The van der Waals surface area contributed by atoms with Gasteiger partial charge in [0.15, 0.2) is 0 Å². The lowest BCUT2D eigenvalue weighted by Gasteiger charge is -2.51. The second-order valence-electron chi connectivity index (χ2n) is 6.69. The first kappa shape index (κ1) is 11.4. The van der Waals surface area contributed by atoms with Crippen molar-refractivity contribution in [1.82, 2.24) is 0 Å². The van der Waals surface area contributed by atoms with E-state index in [9.17, 15) is 5.11 Å². The molecule has 0 aliphatic heterocycles. The fraction of sp³-hybridized carbons (Fsp3) is 1.00. The van der Waals surface area contributed by atoms with Gasteiger partial charge in [-0.1, -0.05) is 40.5 Å². The second kappa shape index (κ2) is 3.23. The zero-order valence-electron chi connectivity index (χ0n) is 10.8. The average Bonchev–Trinajstić information content (AvgIpc) is 2.63. The topological polar surface area (TPSA) is 20.2 Å². The highest BCUT2D eigenvalue weighted by molar-refractivity contribution is 5.17. The molecule has 0 radical (unpaired) electrons. The molecule has 2 aliphatic carbocycles. The maximum Gasteiger partial charge on any atom is 0.0754 e. The summed E-state index contributed by atoms with van der Waals surface area (Å²) in [6.45, 7) is 9.11. The van der Waals surface area contributed by atoms with Gasteiger partial charge in [0.25, 0.3) is 0 Å². The minimum Gasteiger partial charge on any atom is -0.389 e. The third-order valence-corrected chi connectivity index (χ3v) is 5.72. The van der Waals surface area contributed by atoms with Gasteiger partial charge in [0.05, 0.1) is 5.60 Å². The van der Waals surface area contributed by atoms with Crippen molar-refractivity contribution in [3.05, 3.63) is 0 Å². The van der Waals surface area contributed by atoms with Crippen molar-refractivity contribution in [3.8, 4) is 0 Å². The number of aliphatic hydroxyl groups is 1. The molecule has 0 spiro atoms. The van der Waals surface area contributed by atoms with Crippen LogP contribution in [-0.2, 0) is 0 Å². The van der Waals surface area contributed by atoms with Crippen LogP contribution in [-0.4, -0.2) is 10.7 Å². The molecule has 3 unspecified atom stereocenters. The van der Waals surface area contributed by atoms with Gasteiger partial charge < -0.3 is 5.11 Å². The normalized spacial score (nSPS) is 47.4. The van der Waals surface area contributed by atoms with Crippen molar-refractivity contribution in [3.63, 3.8) is 0 Å². The maximum absolute atomic E-state index is 11.1. The van der Waals surface area contributed by atoms with Crippen LogP contribution in [0.1, 0.15) is 66.2 Å². The Morgan fingerprint density at radius 1 is 1.27 bits per heavy atom. The smallest absolute Gasteiger partial charge is 0.0754 e. The molecule has 3 atom stereocenters. The van der Waals surface area contributed by atoms with Crippen LogP contribution in [0.2, 0.25) is 0 Å². The largest absolute Gasteiger partial charge is 0.389 e. The fourth-order valence-electron chi connectivity index (χ4n) is 4.40. The highest BCUT2D eigenvalue weighted by Gasteiger charge is 2.67. The van der Waals surface area contributed by atoms with Crippen molar-refractivity contribution in [2.75, 3.05) is 0 Å². The van der Waals surface area contributed by atoms with E-state index in [1.807, 2.05) is 0 Å². The summed E-state index contributed by atoms with van der Waals surface area (Å²) in [6, 6.07) is 0. The van der Waals surface area contributed by atoms with Crippen LogP contribution in [0.25, 0.3) is 0 Å². The zero-order valence-corrected chi connectivity index (χ0v) is 10.8. The van der Waals surface area contributed by atoms with Gasteiger partial charge in [-0.3, -0.25) is 0 Å². The summed E-state index contributed by atoms with van der Waals surface area (Å²) in [6.07, 6.45) is 7.18. The molecule has 1 N–H and O–H groups in total. The van der Waals surface area contributed by atoms with Crippen molar-refractivity contribution in [2.24, 2.45) is 16.7 Å². The predicted octanol–water partition coefficient (Wildman–Crippen LogP) is 3.75. The first-order chi connectivity index (χ1) is 6.87. The fourth-order valence-corrected chi connectivity index (χ4v) is 4.40. The molecule has 2 fully saturated rings. The quantitative estimate of drug-likeness (QED) is 0.752. The minimum absolute atomic E-state index is 0.134. The van der Waals surface area contributed by atoms with E-state index >= 15 is 0 Å². The van der Waals surface area contributed by atoms with E-state index < -0.39 is 5.60 Å². The molecule has 0 aromatic carbocycles. The van der Waals surface area contributed by atoms with Gasteiger partial charge in [-0.25, -0.2) is 0 Å². The molecular formula is C14H26O. The number of hydrogen-bond acceptors (Lipinski definition) is 1. The highest BCUT2D eigenvalue weighted by Crippen LogP contribution is 2.69. The summed E-state index contributed by atoms with van der Waals surface area (Å²) in [7, 11) is 0. The number of rotatable bonds is 3. The Labute approximate surface area is 94.3 Å². The van der Waals surface area contributed by atoms with Crippen molar-refractivity contribution in [1.29, 1.82) is 0 Å². The SMILES string of the molecule is CCCCC1(O)C2(C)CCC(C2)C1(C)C. The Bertz CT molecular complexity index is 251. The van der Waals surface area contributed by atoms with Gasteiger partial charge in [0.2, 0.25) is 0 Å². The second-order valence-corrected chi connectivity index (χ2v) is 6.69. The summed E-state index contributed by atoms with van der Waals surface area (Å²) >= 11 is 0. The Morgan fingerprint density at radius 2 is 1.93 bits per heavy atom. The molecule has 1 nitrogen and oxygen atoms in total. The molecule has 2 rings (SSSR count). The van der Waals surface area contributed by atoms with Crippen LogP contribution >= 0.6 is 0 Å². The summed E-state index contributed by atoms with van der Waals surface area (Å²) in [5, 5.41) is 11.1. The van der Waals surface area contributed by atoms with Crippen molar-refractivity contribution in [2.45, 2.75) is 71.8 Å². The van der Waals surface area contributed by atoms with E-state index in [-0.39, 0.29) is 10.8 Å². The van der Waals surface area contributed by atoms with E-state index in [0.717, 1.165) is 12.3 Å². The Balaban J connectivity index is 2.28. The van der Waals surface area contributed by atoms with E-state index in [2.05, 4.69) is 27.7 Å². The molecule has 0 aromatic heterocycles. The molecule has 1 heteroatoms. The maximum atomic E-state index is 11.1. The standard InChI is InChI=1S/C14H26O/c1-5-6-8-14(15)12(2,3)11-7-9-13(14,4)10-11/h11,15H,5-10H2,1-4H3. The first-order valence-corrected chi connectivity index (χ1v) is 6.60. The van der Waals surface area contributed by atoms with Gasteiger partial charge in [0, 0.05) is 0 Å². The molecule has 0 amide bonds. The van der Waals surface area contributed by atoms with Gasteiger partial charge in [0.1, 0.15) is 0 Å². The van der Waals surface area contributed by atoms with Crippen LogP contribution in [0.4, 0.5) is 0 Å². The van der Waals surface area contributed by atoms with Crippen molar-refractivity contribution < 1.29 is 5.11 Å². The first-order valence-electron chi connectivity index (χ1n) is 6.60. The number of fused-ring (bicyclic) bond motifs is 2.